The third kappa shape index (κ3) is 3.65. The summed E-state index contributed by atoms with van der Waals surface area (Å²) >= 11 is 3.92. The van der Waals surface area contributed by atoms with Gasteiger partial charge in [-0.25, -0.2) is 4.39 Å². The first-order valence-corrected chi connectivity index (χ1v) is 8.79. The number of carbonyl (C=O) groups excluding carboxylic acids is 2. The Hall–Kier alpha value is -2.43. The quantitative estimate of drug-likeness (QED) is 0.680. The van der Waals surface area contributed by atoms with Gasteiger partial charge in [-0.15, -0.1) is 0 Å². The average molecular weight is 417 g/mol. The molecule has 2 aromatic carbocycles. The molecule has 0 radical (unpaired) electrons. The number of rotatable bonds is 3. The summed E-state index contributed by atoms with van der Waals surface area (Å²) in [5.74, 6) is -0.832. The minimum atomic E-state index is -0.428. The summed E-state index contributed by atoms with van der Waals surface area (Å²) in [7, 11) is 0. The molecule has 0 saturated carbocycles. The number of nitriles is 1. The van der Waals surface area contributed by atoms with E-state index in [4.69, 9.17) is 5.26 Å². The lowest BCUT2D eigenvalue weighted by molar-refractivity contribution is -0.123. The lowest BCUT2D eigenvalue weighted by Gasteiger charge is -2.13. The van der Waals surface area contributed by atoms with E-state index in [0.29, 0.717) is 16.7 Å². The molecular formula is C18H10BrFN2O2S. The Morgan fingerprint density at radius 1 is 1.24 bits per heavy atom. The Morgan fingerprint density at radius 3 is 2.72 bits per heavy atom. The predicted molar refractivity (Wildman–Crippen MR) is 96.8 cm³/mol. The highest BCUT2D eigenvalue weighted by Crippen LogP contribution is 2.34. The van der Waals surface area contributed by atoms with Gasteiger partial charge < -0.3 is 0 Å². The van der Waals surface area contributed by atoms with Crippen molar-refractivity contribution in [1.82, 2.24) is 4.90 Å². The minimum absolute atomic E-state index is 0.0405. The third-order valence-corrected chi connectivity index (χ3v) is 5.10. The minimum Gasteiger partial charge on any atom is -0.268 e. The van der Waals surface area contributed by atoms with Crippen molar-refractivity contribution in [3.8, 4) is 6.07 Å². The zero-order chi connectivity index (χ0) is 18.0. The molecule has 25 heavy (non-hydrogen) atoms. The molecule has 0 aliphatic carbocycles. The molecule has 0 unspecified atom stereocenters. The molecule has 124 valence electrons. The highest BCUT2D eigenvalue weighted by atomic mass is 79.9. The van der Waals surface area contributed by atoms with Gasteiger partial charge in [0.2, 0.25) is 0 Å². The van der Waals surface area contributed by atoms with Gasteiger partial charge in [0.1, 0.15) is 5.82 Å². The van der Waals surface area contributed by atoms with Crippen LogP contribution in [0.1, 0.15) is 16.7 Å². The molecule has 1 fully saturated rings. The molecule has 0 aromatic heterocycles. The van der Waals surface area contributed by atoms with E-state index in [1.807, 2.05) is 0 Å². The zero-order valence-corrected chi connectivity index (χ0v) is 15.1. The molecule has 3 rings (SSSR count). The van der Waals surface area contributed by atoms with Crippen molar-refractivity contribution in [2.24, 2.45) is 0 Å². The standard InChI is InChI=1S/C18H10BrFN2O2S/c19-14-7-11(5-6-15(14)20)8-16-17(23)22(18(24)25-16)10-13-4-2-1-3-12(13)9-21/h1-8H,10H2/b16-8+. The maximum atomic E-state index is 13.3. The first kappa shape index (κ1) is 17.4. The molecule has 7 heteroatoms. The molecule has 1 aliphatic heterocycles. The number of halogens is 2. The molecule has 2 aromatic rings. The number of imide groups is 1. The lowest BCUT2D eigenvalue weighted by atomic mass is 10.1. The van der Waals surface area contributed by atoms with Gasteiger partial charge in [-0.1, -0.05) is 24.3 Å². The van der Waals surface area contributed by atoms with E-state index >= 15 is 0 Å². The van der Waals surface area contributed by atoms with Crippen LogP contribution >= 0.6 is 27.7 Å². The van der Waals surface area contributed by atoms with E-state index in [1.165, 1.54) is 18.2 Å². The number of carbonyl (C=O) groups is 2. The molecule has 2 amide bonds. The van der Waals surface area contributed by atoms with Crippen LogP contribution in [0.2, 0.25) is 0 Å². The molecular weight excluding hydrogens is 407 g/mol. The van der Waals surface area contributed by atoms with E-state index < -0.39 is 17.0 Å². The highest BCUT2D eigenvalue weighted by Gasteiger charge is 2.35. The number of hydrogen-bond donors (Lipinski definition) is 0. The van der Waals surface area contributed by atoms with E-state index in [9.17, 15) is 14.0 Å². The number of hydrogen-bond acceptors (Lipinski definition) is 4. The first-order chi connectivity index (χ1) is 12.0. The van der Waals surface area contributed by atoms with Crippen molar-refractivity contribution in [2.75, 3.05) is 0 Å². The molecule has 0 N–H and O–H groups in total. The van der Waals surface area contributed by atoms with Crippen molar-refractivity contribution in [3.63, 3.8) is 0 Å². The SMILES string of the molecule is N#Cc1ccccc1CN1C(=O)S/C(=C/c2ccc(F)c(Br)c2)C1=O. The van der Waals surface area contributed by atoms with E-state index in [2.05, 4.69) is 22.0 Å². The summed E-state index contributed by atoms with van der Waals surface area (Å²) in [5.41, 5.74) is 1.64. The Bertz CT molecular complexity index is 952. The van der Waals surface area contributed by atoms with Gasteiger partial charge in [-0.05, 0) is 63.1 Å². The largest absolute Gasteiger partial charge is 0.293 e. The third-order valence-electron chi connectivity index (χ3n) is 3.58. The van der Waals surface area contributed by atoms with Crippen LogP contribution in [0.4, 0.5) is 9.18 Å². The van der Waals surface area contributed by atoms with Gasteiger partial charge >= 0.3 is 0 Å². The fourth-order valence-electron chi connectivity index (χ4n) is 2.33. The molecule has 0 atom stereocenters. The second kappa shape index (κ2) is 7.21. The maximum absolute atomic E-state index is 13.3. The van der Waals surface area contributed by atoms with Crippen LogP contribution in [0.5, 0.6) is 0 Å². The Balaban J connectivity index is 1.86. The molecule has 1 aliphatic rings. The maximum Gasteiger partial charge on any atom is 0.293 e. The summed E-state index contributed by atoms with van der Waals surface area (Å²) in [4.78, 5) is 26.1. The van der Waals surface area contributed by atoms with E-state index in [-0.39, 0.29) is 15.9 Å². The topological polar surface area (TPSA) is 61.2 Å². The van der Waals surface area contributed by atoms with Crippen LogP contribution in [0.15, 0.2) is 51.8 Å². The number of nitrogens with zero attached hydrogens (tertiary/aromatic N) is 2. The van der Waals surface area contributed by atoms with E-state index in [1.54, 1.807) is 30.3 Å². The van der Waals surface area contributed by atoms with Crippen LogP contribution in [-0.2, 0) is 11.3 Å². The van der Waals surface area contributed by atoms with Gasteiger partial charge in [-0.2, -0.15) is 5.26 Å². The molecule has 0 bridgehead atoms. The summed E-state index contributed by atoms with van der Waals surface area (Å²) in [6, 6.07) is 13.2. The summed E-state index contributed by atoms with van der Waals surface area (Å²) in [6.45, 7) is 0.0405. The molecule has 1 saturated heterocycles. The van der Waals surface area contributed by atoms with Crippen molar-refractivity contribution < 1.29 is 14.0 Å². The fourth-order valence-corrected chi connectivity index (χ4v) is 3.56. The molecule has 1 heterocycles. The van der Waals surface area contributed by atoms with Crippen LogP contribution < -0.4 is 0 Å². The number of benzene rings is 2. The van der Waals surface area contributed by atoms with Crippen LogP contribution in [0.3, 0.4) is 0 Å². The van der Waals surface area contributed by atoms with Gasteiger partial charge in [0.25, 0.3) is 11.1 Å². The second-order valence-corrected chi connectivity index (χ2v) is 7.06. The fraction of sp³-hybridized carbons (Fsp3) is 0.0556. The summed E-state index contributed by atoms with van der Waals surface area (Å²) in [5, 5.41) is 8.73. The number of amides is 2. The number of thioether (sulfide) groups is 1. The Labute approximate surface area is 156 Å². The normalized spacial score (nSPS) is 15.7. The monoisotopic (exact) mass is 416 g/mol. The molecule has 4 nitrogen and oxygen atoms in total. The second-order valence-electron chi connectivity index (χ2n) is 5.21. The predicted octanol–water partition coefficient (Wildman–Crippen LogP) is 4.70. The Kier molecular flexibility index (Phi) is 5.02. The Morgan fingerprint density at radius 2 is 2.00 bits per heavy atom. The lowest BCUT2D eigenvalue weighted by Crippen LogP contribution is -2.27. The van der Waals surface area contributed by atoms with Crippen LogP contribution in [-0.4, -0.2) is 16.0 Å². The summed E-state index contributed by atoms with van der Waals surface area (Å²) < 4.78 is 13.6. The van der Waals surface area contributed by atoms with Gasteiger partial charge in [0, 0.05) is 0 Å². The van der Waals surface area contributed by atoms with Crippen LogP contribution in [0.25, 0.3) is 6.08 Å². The first-order valence-electron chi connectivity index (χ1n) is 7.18. The van der Waals surface area contributed by atoms with Gasteiger partial charge in [0.05, 0.1) is 27.6 Å². The van der Waals surface area contributed by atoms with Crippen molar-refractivity contribution in [2.45, 2.75) is 6.54 Å². The van der Waals surface area contributed by atoms with Crippen LogP contribution in [0, 0.1) is 17.1 Å². The average Bonchev–Trinajstić information content (AvgIpc) is 2.86. The highest BCUT2D eigenvalue weighted by molar-refractivity contribution is 9.10. The van der Waals surface area contributed by atoms with E-state index in [0.717, 1.165) is 16.7 Å². The zero-order valence-electron chi connectivity index (χ0n) is 12.7. The van der Waals surface area contributed by atoms with Crippen molar-refractivity contribution in [1.29, 1.82) is 5.26 Å². The van der Waals surface area contributed by atoms with Gasteiger partial charge in [-0.3, -0.25) is 14.5 Å². The van der Waals surface area contributed by atoms with Crippen molar-refractivity contribution >= 4 is 44.9 Å². The van der Waals surface area contributed by atoms with Gasteiger partial charge in [0.15, 0.2) is 0 Å². The molecule has 0 spiro atoms. The smallest absolute Gasteiger partial charge is 0.268 e. The summed E-state index contributed by atoms with van der Waals surface area (Å²) in [6.07, 6.45) is 1.55. The van der Waals surface area contributed by atoms with Crippen molar-refractivity contribution in [3.05, 3.63) is 74.4 Å².